The molecule has 0 aliphatic heterocycles. The minimum absolute atomic E-state index is 0.275. The van der Waals surface area contributed by atoms with E-state index in [1.165, 1.54) is 6.33 Å². The lowest BCUT2D eigenvalue weighted by Crippen LogP contribution is -2.30. The third kappa shape index (κ3) is 3.51. The second-order valence-corrected chi connectivity index (χ2v) is 5.95. The van der Waals surface area contributed by atoms with Crippen LogP contribution in [0.4, 0.5) is 23.0 Å². The third-order valence-corrected chi connectivity index (χ3v) is 4.16. The van der Waals surface area contributed by atoms with E-state index in [2.05, 4.69) is 31.1 Å². The van der Waals surface area contributed by atoms with E-state index in [1.54, 1.807) is 30.6 Å². The summed E-state index contributed by atoms with van der Waals surface area (Å²) >= 11 is 0. The van der Waals surface area contributed by atoms with Crippen molar-refractivity contribution in [3.8, 4) is 0 Å². The Hall–Kier alpha value is -4.20. The van der Waals surface area contributed by atoms with Gasteiger partial charge in [-0.2, -0.15) is 0 Å². The minimum Gasteiger partial charge on any atom is -0.393 e. The van der Waals surface area contributed by atoms with Crippen LogP contribution in [0.5, 0.6) is 0 Å². The molecule has 0 saturated carbocycles. The number of hydrazine groups is 1. The van der Waals surface area contributed by atoms with Gasteiger partial charge in [0, 0.05) is 23.6 Å². The number of hydrogen-bond acceptors (Lipinski definition) is 7. The molecular formula is C20H17N7O. The topological polar surface area (TPSA) is 118 Å². The van der Waals surface area contributed by atoms with Gasteiger partial charge in [-0.3, -0.25) is 20.6 Å². The van der Waals surface area contributed by atoms with Gasteiger partial charge in [-0.15, -0.1) is 0 Å². The van der Waals surface area contributed by atoms with Crippen molar-refractivity contribution in [3.63, 3.8) is 0 Å². The van der Waals surface area contributed by atoms with Crippen molar-refractivity contribution in [3.05, 3.63) is 78.9 Å². The predicted molar refractivity (Wildman–Crippen MR) is 109 cm³/mol. The maximum Gasteiger partial charge on any atom is 0.270 e. The lowest BCUT2D eigenvalue weighted by molar-refractivity contribution is 0.0964. The fourth-order valence-electron chi connectivity index (χ4n) is 2.77. The Balaban J connectivity index is 1.52. The number of aromatic nitrogens is 3. The second-order valence-electron chi connectivity index (χ2n) is 5.95. The summed E-state index contributed by atoms with van der Waals surface area (Å²) in [5, 5.41) is 4.93. The van der Waals surface area contributed by atoms with Crippen LogP contribution in [0.2, 0.25) is 0 Å². The van der Waals surface area contributed by atoms with E-state index in [1.807, 2.05) is 36.4 Å². The Morgan fingerprint density at radius 3 is 2.50 bits per heavy atom. The molecule has 0 atom stereocenters. The van der Waals surface area contributed by atoms with E-state index in [0.717, 1.165) is 16.5 Å². The van der Waals surface area contributed by atoms with Gasteiger partial charge in [0.2, 0.25) is 0 Å². The molecule has 8 nitrogen and oxygen atoms in total. The molecule has 0 unspecified atom stereocenters. The first-order valence-corrected chi connectivity index (χ1v) is 8.54. The van der Waals surface area contributed by atoms with Gasteiger partial charge < -0.3 is 11.1 Å². The molecule has 138 valence electrons. The first-order chi connectivity index (χ1) is 13.7. The van der Waals surface area contributed by atoms with Crippen LogP contribution in [-0.4, -0.2) is 20.9 Å². The highest BCUT2D eigenvalue weighted by atomic mass is 16.2. The molecule has 0 bridgehead atoms. The van der Waals surface area contributed by atoms with Crippen molar-refractivity contribution in [2.75, 3.05) is 16.5 Å². The molecule has 8 heteroatoms. The average Bonchev–Trinajstić information content (AvgIpc) is 2.74. The number of benzene rings is 2. The van der Waals surface area contributed by atoms with Crippen LogP contribution in [0.3, 0.4) is 0 Å². The van der Waals surface area contributed by atoms with Gasteiger partial charge in [0.15, 0.2) is 11.6 Å². The number of rotatable bonds is 5. The quantitative estimate of drug-likeness (QED) is 0.398. The van der Waals surface area contributed by atoms with Crippen LogP contribution in [0.25, 0.3) is 10.8 Å². The fourth-order valence-corrected chi connectivity index (χ4v) is 2.77. The van der Waals surface area contributed by atoms with Crippen LogP contribution in [0, 0.1) is 0 Å². The van der Waals surface area contributed by atoms with E-state index in [-0.39, 0.29) is 11.6 Å². The predicted octanol–water partition coefficient (Wildman–Crippen LogP) is 3.11. The summed E-state index contributed by atoms with van der Waals surface area (Å²) in [6.45, 7) is 0. The lowest BCUT2D eigenvalue weighted by Gasteiger charge is -2.13. The van der Waals surface area contributed by atoms with Gasteiger partial charge in [0.1, 0.15) is 12.0 Å². The van der Waals surface area contributed by atoms with Crippen molar-refractivity contribution in [2.24, 2.45) is 0 Å². The molecule has 1 amide bonds. The summed E-state index contributed by atoms with van der Waals surface area (Å²) in [4.78, 5) is 24.8. The molecule has 0 spiro atoms. The molecule has 0 saturated heterocycles. The van der Waals surface area contributed by atoms with Gasteiger partial charge >= 0.3 is 0 Å². The Bertz CT molecular complexity index is 1130. The number of fused-ring (bicyclic) bond motifs is 1. The molecule has 2 aromatic carbocycles. The number of nitrogens with two attached hydrogens (primary N) is 1. The van der Waals surface area contributed by atoms with E-state index in [4.69, 9.17) is 5.73 Å². The van der Waals surface area contributed by atoms with Crippen molar-refractivity contribution in [1.29, 1.82) is 0 Å². The largest absolute Gasteiger partial charge is 0.393 e. The van der Waals surface area contributed by atoms with Crippen molar-refractivity contribution in [2.45, 2.75) is 0 Å². The van der Waals surface area contributed by atoms with Gasteiger partial charge in [0.25, 0.3) is 5.91 Å². The van der Waals surface area contributed by atoms with Crippen LogP contribution in [-0.2, 0) is 0 Å². The van der Waals surface area contributed by atoms with Crippen molar-refractivity contribution >= 4 is 39.7 Å². The molecule has 2 aromatic heterocycles. The van der Waals surface area contributed by atoms with Crippen molar-refractivity contribution in [1.82, 2.24) is 20.4 Å². The second kappa shape index (κ2) is 7.58. The van der Waals surface area contributed by atoms with E-state index in [9.17, 15) is 4.79 Å². The normalized spacial score (nSPS) is 10.4. The number of pyridine rings is 1. The van der Waals surface area contributed by atoms with Crippen LogP contribution < -0.4 is 21.9 Å². The van der Waals surface area contributed by atoms with Gasteiger partial charge in [0.05, 0.1) is 0 Å². The molecule has 28 heavy (non-hydrogen) atoms. The Morgan fingerprint density at radius 2 is 1.64 bits per heavy atom. The zero-order valence-electron chi connectivity index (χ0n) is 14.8. The summed E-state index contributed by atoms with van der Waals surface area (Å²) in [6.07, 6.45) is 4.67. The first-order valence-electron chi connectivity index (χ1n) is 8.54. The first kappa shape index (κ1) is 17.2. The highest BCUT2D eigenvalue weighted by Crippen LogP contribution is 2.25. The number of anilines is 4. The zero-order chi connectivity index (χ0) is 19.3. The number of amides is 1. The van der Waals surface area contributed by atoms with Gasteiger partial charge in [-0.05, 0) is 29.0 Å². The fraction of sp³-hybridized carbons (Fsp3) is 0. The maximum absolute atomic E-state index is 12.6. The van der Waals surface area contributed by atoms with E-state index >= 15 is 0 Å². The summed E-state index contributed by atoms with van der Waals surface area (Å²) in [5.41, 5.74) is 13.2. The minimum atomic E-state index is -0.293. The smallest absolute Gasteiger partial charge is 0.270 e. The Kier molecular flexibility index (Phi) is 4.67. The molecular weight excluding hydrogens is 354 g/mol. The van der Waals surface area contributed by atoms with Gasteiger partial charge in [-0.1, -0.05) is 36.4 Å². The number of hydrogen-bond donors (Lipinski definition) is 4. The van der Waals surface area contributed by atoms with E-state index in [0.29, 0.717) is 17.2 Å². The summed E-state index contributed by atoms with van der Waals surface area (Å²) in [5.74, 6) is 0.418. The number of carbonyl (C=O) groups is 1. The number of nitrogens with zero attached hydrogens (tertiary/aromatic N) is 3. The maximum atomic E-state index is 12.6. The molecule has 0 radical (unpaired) electrons. The lowest BCUT2D eigenvalue weighted by atomic mass is 10.0. The van der Waals surface area contributed by atoms with E-state index < -0.39 is 0 Å². The van der Waals surface area contributed by atoms with Crippen LogP contribution in [0.1, 0.15) is 10.4 Å². The average molecular weight is 371 g/mol. The van der Waals surface area contributed by atoms with Crippen molar-refractivity contribution < 1.29 is 4.79 Å². The summed E-state index contributed by atoms with van der Waals surface area (Å²) in [7, 11) is 0. The number of carbonyl (C=O) groups excluding carboxylic acids is 1. The molecule has 0 aliphatic rings. The molecule has 5 N–H and O–H groups in total. The van der Waals surface area contributed by atoms with Gasteiger partial charge in [-0.25, -0.2) is 9.97 Å². The summed E-state index contributed by atoms with van der Waals surface area (Å²) < 4.78 is 0. The molecule has 0 fully saturated rings. The monoisotopic (exact) mass is 371 g/mol. The molecule has 4 rings (SSSR count). The number of nitrogens with one attached hydrogen (secondary N) is 3. The highest BCUT2D eigenvalue weighted by Gasteiger charge is 2.12. The Labute approximate surface area is 160 Å². The summed E-state index contributed by atoms with van der Waals surface area (Å²) in [6, 6.07) is 16.8. The third-order valence-electron chi connectivity index (χ3n) is 4.16. The SMILES string of the molecule is Nc1c(NNC(=O)c2cccc3ccccc23)ncnc1Nc1ccncc1. The molecule has 4 aromatic rings. The number of nitrogen functional groups attached to an aromatic ring is 1. The highest BCUT2D eigenvalue weighted by molar-refractivity contribution is 6.07. The Morgan fingerprint density at radius 1 is 0.893 bits per heavy atom. The molecule has 2 heterocycles. The molecule has 0 aliphatic carbocycles. The zero-order valence-corrected chi connectivity index (χ0v) is 14.8. The standard InChI is InChI=1S/C20H17N7O/c21-17-18(25-14-8-10-22-11-9-14)23-12-24-19(17)26-27-20(28)16-7-3-5-13-4-1-2-6-15(13)16/h1-12H,21H2,(H,27,28)(H2,22,23,24,25,26). The van der Waals surface area contributed by atoms with Crippen LogP contribution >= 0.6 is 0 Å². The van der Waals surface area contributed by atoms with Crippen LogP contribution in [0.15, 0.2) is 73.3 Å².